The third-order valence-electron chi connectivity index (χ3n) is 17.0. The summed E-state index contributed by atoms with van der Waals surface area (Å²) in [4.78, 5) is 17.8. The van der Waals surface area contributed by atoms with Crippen LogP contribution in [0.15, 0.2) is 72.8 Å². The van der Waals surface area contributed by atoms with Crippen molar-refractivity contribution >= 4 is 38.4 Å². The van der Waals surface area contributed by atoms with Gasteiger partial charge in [-0.05, 0) is 190 Å². The first-order chi connectivity index (χ1) is 36.2. The van der Waals surface area contributed by atoms with Crippen LogP contribution < -0.4 is 20.8 Å². The number of benzene rings is 4. The maximum absolute atomic E-state index is 8.89. The summed E-state index contributed by atoms with van der Waals surface area (Å²) < 4.78 is 0. The zero-order valence-corrected chi connectivity index (χ0v) is 54.0. The first-order valence-corrected chi connectivity index (χ1v) is 33.6. The number of rotatable bonds is 14. The largest absolute Gasteiger partial charge is 2.00 e. The van der Waals surface area contributed by atoms with E-state index in [0.717, 1.165) is 36.5 Å². The molecule has 0 saturated heterocycles. The van der Waals surface area contributed by atoms with Gasteiger partial charge in [0.25, 0.3) is 0 Å². The minimum atomic E-state index is -1.08. The zero-order valence-electron chi connectivity index (χ0n) is 50.7. The SMILES string of the molecule is CC(=O)[O-].CC(=O)[O-].CC(C)c1cc(C(C)C)c(-c2ccccc2P(C2CCCCC2)C2CCCCC2)c(C(C)C)c1.CC(C)c1cc(C(C)C)c(-c2ccccc2P(C2CCCCC2)C2CCCCC2)c(C(C)C)c1.[Pd+2]. The van der Waals surface area contributed by atoms with Gasteiger partial charge in [-0.1, -0.05) is 249 Å². The summed E-state index contributed by atoms with van der Waals surface area (Å²) in [7, 11) is -0.240. The topological polar surface area (TPSA) is 80.3 Å². The van der Waals surface area contributed by atoms with Crippen molar-refractivity contribution in [3.8, 4) is 22.3 Å². The van der Waals surface area contributed by atoms with Gasteiger partial charge in [-0.15, -0.1) is 0 Å². The average molecular weight is 1180 g/mol. The smallest absolute Gasteiger partial charge is 0.550 e. The van der Waals surface area contributed by atoms with E-state index in [1.165, 1.54) is 140 Å². The van der Waals surface area contributed by atoms with E-state index in [9.17, 15) is 0 Å². The van der Waals surface area contributed by atoms with E-state index < -0.39 is 11.9 Å². The molecule has 0 radical (unpaired) electrons. The van der Waals surface area contributed by atoms with E-state index in [0.29, 0.717) is 35.5 Å². The summed E-state index contributed by atoms with van der Waals surface area (Å²) >= 11 is 0. The molecule has 0 spiro atoms. The van der Waals surface area contributed by atoms with Crippen molar-refractivity contribution in [3.05, 3.63) is 106 Å². The van der Waals surface area contributed by atoms with E-state index >= 15 is 0 Å². The Labute approximate surface area is 487 Å². The van der Waals surface area contributed by atoms with E-state index in [1.807, 2.05) is 0 Å². The third-order valence-corrected chi connectivity index (χ3v) is 24.1. The molecular weight excluding hydrogens is 1070 g/mol. The molecule has 4 saturated carbocycles. The Bertz CT molecular complexity index is 2120. The summed E-state index contributed by atoms with van der Waals surface area (Å²) in [5.74, 6) is 1.12. The molecule has 7 heteroatoms. The van der Waals surface area contributed by atoms with Crippen LogP contribution >= 0.6 is 15.8 Å². The maximum atomic E-state index is 8.89. The van der Waals surface area contributed by atoms with E-state index in [4.69, 9.17) is 19.8 Å². The second-order valence-electron chi connectivity index (χ2n) is 25.1. The molecular formula is C70H104O4P2Pd. The summed E-state index contributed by atoms with van der Waals surface area (Å²) in [5.41, 5.74) is 19.4. The fourth-order valence-electron chi connectivity index (χ4n) is 13.2. The Morgan fingerprint density at radius 1 is 0.377 bits per heavy atom. The van der Waals surface area contributed by atoms with Crippen molar-refractivity contribution in [2.24, 2.45) is 0 Å². The van der Waals surface area contributed by atoms with Gasteiger partial charge in [-0.25, -0.2) is 0 Å². The molecule has 428 valence electrons. The molecule has 4 nitrogen and oxygen atoms in total. The van der Waals surface area contributed by atoms with Crippen LogP contribution in [0.2, 0.25) is 0 Å². The van der Waals surface area contributed by atoms with Gasteiger partial charge in [-0.3, -0.25) is 0 Å². The van der Waals surface area contributed by atoms with Crippen LogP contribution in [0.3, 0.4) is 0 Å². The zero-order chi connectivity index (χ0) is 55.6. The molecule has 77 heavy (non-hydrogen) atoms. The van der Waals surface area contributed by atoms with Gasteiger partial charge >= 0.3 is 20.4 Å². The third kappa shape index (κ3) is 19.2. The van der Waals surface area contributed by atoms with Crippen LogP contribution in [-0.4, -0.2) is 34.6 Å². The average Bonchev–Trinajstić information content (AvgIpc) is 3.39. The van der Waals surface area contributed by atoms with Gasteiger partial charge < -0.3 is 19.8 Å². The molecule has 4 aliphatic rings. The number of aliphatic carboxylic acids is 2. The summed E-state index contributed by atoms with van der Waals surface area (Å²) in [6.45, 7) is 30.6. The second-order valence-corrected chi connectivity index (χ2v) is 30.6. The van der Waals surface area contributed by atoms with E-state index in [2.05, 4.69) is 156 Å². The summed E-state index contributed by atoms with van der Waals surface area (Å²) in [6.07, 6.45) is 29.2. The number of carboxylic acids is 2. The number of carbonyl (C=O) groups excluding carboxylic acids is 2. The van der Waals surface area contributed by atoms with Gasteiger partial charge in [0.1, 0.15) is 0 Å². The molecule has 4 aromatic carbocycles. The molecule has 4 aromatic rings. The van der Waals surface area contributed by atoms with Crippen molar-refractivity contribution in [1.29, 1.82) is 0 Å². The van der Waals surface area contributed by atoms with Gasteiger partial charge in [0, 0.05) is 11.9 Å². The Balaban J connectivity index is 0.000000288. The Kier molecular flexibility index (Phi) is 28.9. The quantitative estimate of drug-likeness (QED) is 0.0931. The monoisotopic (exact) mass is 1180 g/mol. The van der Waals surface area contributed by atoms with Crippen molar-refractivity contribution in [2.75, 3.05) is 0 Å². The number of carbonyl (C=O) groups is 2. The van der Waals surface area contributed by atoms with E-state index in [-0.39, 0.29) is 36.3 Å². The molecule has 0 N–H and O–H groups in total. The molecule has 0 aromatic heterocycles. The first-order valence-electron chi connectivity index (χ1n) is 30.7. The fourth-order valence-corrected chi connectivity index (χ4v) is 21.1. The predicted octanol–water partition coefficient (Wildman–Crippen LogP) is 18.5. The van der Waals surface area contributed by atoms with Gasteiger partial charge in [0.15, 0.2) is 0 Å². The first kappa shape index (κ1) is 66.9. The molecule has 0 aliphatic heterocycles. The van der Waals surface area contributed by atoms with Crippen LogP contribution in [-0.2, 0) is 30.0 Å². The van der Waals surface area contributed by atoms with Crippen LogP contribution in [0.25, 0.3) is 22.3 Å². The van der Waals surface area contributed by atoms with Crippen molar-refractivity contribution in [2.45, 2.75) is 283 Å². The van der Waals surface area contributed by atoms with Crippen molar-refractivity contribution in [1.82, 2.24) is 0 Å². The number of hydrogen-bond acceptors (Lipinski definition) is 4. The minimum Gasteiger partial charge on any atom is -0.550 e. The minimum absolute atomic E-state index is 0. The standard InChI is InChI=1S/2C33H49P.2C2H4O2.Pd/c2*1-23(2)26-21-30(24(3)4)33(31(22-26)25(5)6)29-19-13-14-20-32(29)34(27-15-9-7-10-16-27)28-17-11-8-12-18-28;2*1-2(3)4;/h2*13-14,19-25,27-28H,7-12,15-18H2,1-6H3;2*1H3,(H,3,4);/q;;;;+2/p-2. The Morgan fingerprint density at radius 3 is 0.779 bits per heavy atom. The van der Waals surface area contributed by atoms with Crippen LogP contribution in [0.1, 0.15) is 294 Å². The number of carboxylic acid groups (broad SMARTS) is 2. The van der Waals surface area contributed by atoms with Gasteiger partial charge in [0.05, 0.1) is 0 Å². The van der Waals surface area contributed by atoms with E-state index in [1.54, 1.807) is 55.1 Å². The maximum Gasteiger partial charge on any atom is 2.00 e. The molecule has 4 fully saturated rings. The second kappa shape index (κ2) is 33.3. The fraction of sp³-hybridized carbons (Fsp3) is 0.629. The molecule has 0 atom stereocenters. The van der Waals surface area contributed by atoms with Crippen molar-refractivity contribution in [3.63, 3.8) is 0 Å². The normalized spacial score (nSPS) is 17.0. The Morgan fingerprint density at radius 2 is 0.584 bits per heavy atom. The molecule has 0 heterocycles. The van der Waals surface area contributed by atoms with Crippen molar-refractivity contribution < 1.29 is 40.2 Å². The van der Waals surface area contributed by atoms with Crippen LogP contribution in [0, 0.1) is 0 Å². The molecule has 8 rings (SSSR count). The molecule has 0 amide bonds. The summed E-state index contributed by atoms with van der Waals surface area (Å²) in [6, 6.07) is 29.7. The van der Waals surface area contributed by atoms with Gasteiger partial charge in [-0.2, -0.15) is 0 Å². The molecule has 0 unspecified atom stereocenters. The summed E-state index contributed by atoms with van der Waals surface area (Å²) in [5, 5.41) is 21.3. The molecule has 4 aliphatic carbocycles. The van der Waals surface area contributed by atoms with Crippen LogP contribution in [0.4, 0.5) is 0 Å². The predicted molar refractivity (Wildman–Crippen MR) is 330 cm³/mol. The van der Waals surface area contributed by atoms with Gasteiger partial charge in [0.2, 0.25) is 0 Å². The Hall–Kier alpha value is -2.66. The molecule has 0 bridgehead atoms. The van der Waals surface area contributed by atoms with Crippen LogP contribution in [0.5, 0.6) is 0 Å². The number of hydrogen-bond donors (Lipinski definition) is 0.